The van der Waals surface area contributed by atoms with Crippen molar-refractivity contribution in [3.8, 4) is 11.1 Å². The zero-order valence-corrected chi connectivity index (χ0v) is 27.7. The molecule has 0 unspecified atom stereocenters. The molecule has 44 heavy (non-hydrogen) atoms. The van der Waals surface area contributed by atoms with Gasteiger partial charge in [-0.1, -0.05) is 123 Å². The van der Waals surface area contributed by atoms with Crippen molar-refractivity contribution in [1.82, 2.24) is 0 Å². The molecule has 0 nitrogen and oxygen atoms in total. The lowest BCUT2D eigenvalue weighted by atomic mass is 9.55. The van der Waals surface area contributed by atoms with Crippen LogP contribution in [0.25, 0.3) is 11.1 Å². The van der Waals surface area contributed by atoms with E-state index in [1.807, 2.05) is 0 Å². The molecule has 0 aromatic heterocycles. The molecule has 2 fully saturated rings. The lowest BCUT2D eigenvalue weighted by molar-refractivity contribution is 0.299. The highest BCUT2D eigenvalue weighted by Crippen LogP contribution is 2.72. The number of fused-ring (bicyclic) bond motifs is 3. The van der Waals surface area contributed by atoms with Crippen molar-refractivity contribution in [3.63, 3.8) is 0 Å². The molecule has 0 spiro atoms. The van der Waals surface area contributed by atoms with Crippen LogP contribution in [0, 0.1) is 25.7 Å². The minimum atomic E-state index is 0.229. The number of hydrogen-bond donors (Lipinski definition) is 0. The molecule has 3 aliphatic carbocycles. The molecule has 0 saturated heterocycles. The van der Waals surface area contributed by atoms with Crippen molar-refractivity contribution in [3.05, 3.63) is 129 Å². The molecule has 0 radical (unpaired) electrons. The first-order valence-electron chi connectivity index (χ1n) is 17.8. The first-order chi connectivity index (χ1) is 21.4. The van der Waals surface area contributed by atoms with E-state index in [0.29, 0.717) is 0 Å². The molecule has 3 aliphatic rings. The lowest BCUT2D eigenvalue weighted by Crippen LogP contribution is -2.43. The lowest BCUT2D eigenvalue weighted by Gasteiger charge is -2.48. The first kappa shape index (κ1) is 29.6. The highest BCUT2D eigenvalue weighted by Gasteiger charge is 2.66. The molecular formula is C44H52. The van der Waals surface area contributed by atoms with Gasteiger partial charge in [-0.25, -0.2) is 0 Å². The average molecular weight is 581 g/mol. The number of aryl methyl sites for hydroxylation is 4. The molecule has 0 atom stereocenters. The Morgan fingerprint density at radius 3 is 1.23 bits per heavy atom. The fourth-order valence-corrected chi connectivity index (χ4v) is 10.00. The molecule has 0 amide bonds. The molecule has 4 aromatic carbocycles. The van der Waals surface area contributed by atoms with Gasteiger partial charge in [-0.2, -0.15) is 0 Å². The van der Waals surface area contributed by atoms with E-state index in [1.54, 1.807) is 11.1 Å². The minimum Gasteiger partial charge on any atom is -0.0654 e. The zero-order chi connectivity index (χ0) is 30.3. The Kier molecular flexibility index (Phi) is 8.07. The van der Waals surface area contributed by atoms with Crippen LogP contribution in [0.2, 0.25) is 0 Å². The summed E-state index contributed by atoms with van der Waals surface area (Å²) in [6.45, 7) is 9.19. The molecule has 2 saturated carbocycles. The largest absolute Gasteiger partial charge is 0.0654 e. The van der Waals surface area contributed by atoms with Gasteiger partial charge in [-0.15, -0.1) is 0 Å². The van der Waals surface area contributed by atoms with Crippen molar-refractivity contribution >= 4 is 0 Å². The first-order valence-corrected chi connectivity index (χ1v) is 17.8. The normalized spacial score (nSPS) is 24.9. The van der Waals surface area contributed by atoms with Gasteiger partial charge in [-0.3, -0.25) is 0 Å². The van der Waals surface area contributed by atoms with Crippen molar-refractivity contribution in [2.75, 3.05) is 0 Å². The van der Waals surface area contributed by atoms with E-state index in [1.165, 1.54) is 122 Å². The van der Waals surface area contributed by atoms with Crippen LogP contribution in [0.3, 0.4) is 0 Å². The van der Waals surface area contributed by atoms with Crippen LogP contribution < -0.4 is 0 Å². The van der Waals surface area contributed by atoms with Crippen molar-refractivity contribution in [2.24, 2.45) is 11.8 Å². The monoisotopic (exact) mass is 580 g/mol. The summed E-state index contributed by atoms with van der Waals surface area (Å²) in [6.07, 6.45) is 15.2. The van der Waals surface area contributed by atoms with E-state index in [2.05, 4.69) is 113 Å². The maximum atomic E-state index is 2.60. The predicted octanol–water partition coefficient (Wildman–Crippen LogP) is 11.5. The molecule has 228 valence electrons. The summed E-state index contributed by atoms with van der Waals surface area (Å²) in [4.78, 5) is 0. The topological polar surface area (TPSA) is 0 Å². The second kappa shape index (κ2) is 12.0. The van der Waals surface area contributed by atoms with Crippen LogP contribution in [0.1, 0.15) is 110 Å². The summed E-state index contributed by atoms with van der Waals surface area (Å²) in [5.74, 6) is 1.44. The maximum Gasteiger partial charge on any atom is 0.00620 e. The summed E-state index contributed by atoms with van der Waals surface area (Å²) in [5, 5.41) is 0. The van der Waals surface area contributed by atoms with Crippen LogP contribution in [-0.2, 0) is 36.5 Å². The van der Waals surface area contributed by atoms with E-state index in [4.69, 9.17) is 0 Å². The Balaban J connectivity index is 1.25. The highest BCUT2D eigenvalue weighted by molar-refractivity contribution is 5.79. The van der Waals surface area contributed by atoms with Gasteiger partial charge in [-0.05, 0) is 134 Å². The van der Waals surface area contributed by atoms with Crippen molar-refractivity contribution in [2.45, 2.75) is 116 Å². The van der Waals surface area contributed by atoms with E-state index in [9.17, 15) is 0 Å². The van der Waals surface area contributed by atoms with Crippen molar-refractivity contribution in [1.29, 1.82) is 0 Å². The minimum absolute atomic E-state index is 0.229. The Morgan fingerprint density at radius 1 is 0.500 bits per heavy atom. The SMILES string of the molecule is CCCCc1ccc(CC2CC34CC(Cc5ccc(CCCC)cc5)CC3(C2)c2cc(C)ccc2-c2ccc(C)cc24)cc1. The fourth-order valence-electron chi connectivity index (χ4n) is 10.00. The Bertz CT molecular complexity index is 1470. The van der Waals surface area contributed by atoms with Crippen LogP contribution in [-0.4, -0.2) is 0 Å². The summed E-state index contributed by atoms with van der Waals surface area (Å²) in [7, 11) is 0. The molecule has 0 heterocycles. The third-order valence-electron chi connectivity index (χ3n) is 11.9. The van der Waals surface area contributed by atoms with E-state index in [-0.39, 0.29) is 10.8 Å². The van der Waals surface area contributed by atoms with Crippen LogP contribution in [0.5, 0.6) is 0 Å². The summed E-state index contributed by atoms with van der Waals surface area (Å²) in [5.41, 5.74) is 15.7. The van der Waals surface area contributed by atoms with Gasteiger partial charge in [0.25, 0.3) is 0 Å². The standard InChI is InChI=1S/C44H52/c1-5-7-9-33-13-17-35(18-14-33)25-37-27-43-29-38(26-36-19-15-34(16-20-36)10-8-6-2)30-44(43,28-37)42-24-32(4)12-22-40(42)39-21-11-31(3)23-41(39)43/h11-24,37-38H,5-10,25-30H2,1-4H3. The average Bonchev–Trinajstić information content (AvgIpc) is 3.51. The number of hydrogen-bond acceptors (Lipinski definition) is 0. The number of benzene rings is 4. The molecular weight excluding hydrogens is 528 g/mol. The molecule has 0 bridgehead atoms. The van der Waals surface area contributed by atoms with Gasteiger partial charge >= 0.3 is 0 Å². The summed E-state index contributed by atoms with van der Waals surface area (Å²) < 4.78 is 0. The van der Waals surface area contributed by atoms with Crippen LogP contribution >= 0.6 is 0 Å². The third kappa shape index (κ3) is 5.17. The second-order valence-electron chi connectivity index (χ2n) is 15.1. The summed E-state index contributed by atoms with van der Waals surface area (Å²) >= 11 is 0. The molecule has 0 N–H and O–H groups in total. The molecule has 0 aliphatic heterocycles. The van der Waals surface area contributed by atoms with E-state index >= 15 is 0 Å². The van der Waals surface area contributed by atoms with Gasteiger partial charge < -0.3 is 0 Å². The zero-order valence-electron chi connectivity index (χ0n) is 27.7. The smallest absolute Gasteiger partial charge is 0.00620 e. The van der Waals surface area contributed by atoms with Gasteiger partial charge in [0.1, 0.15) is 0 Å². The molecule has 7 rings (SSSR count). The van der Waals surface area contributed by atoms with E-state index in [0.717, 1.165) is 11.8 Å². The van der Waals surface area contributed by atoms with Crippen LogP contribution in [0.4, 0.5) is 0 Å². The summed E-state index contributed by atoms with van der Waals surface area (Å²) in [6, 6.07) is 34.2. The Hall–Kier alpha value is -3.12. The second-order valence-corrected chi connectivity index (χ2v) is 15.1. The highest BCUT2D eigenvalue weighted by atomic mass is 14.7. The molecule has 0 heteroatoms. The van der Waals surface area contributed by atoms with Crippen LogP contribution in [0.15, 0.2) is 84.9 Å². The predicted molar refractivity (Wildman–Crippen MR) is 188 cm³/mol. The van der Waals surface area contributed by atoms with E-state index < -0.39 is 0 Å². The van der Waals surface area contributed by atoms with Gasteiger partial charge in [0.15, 0.2) is 0 Å². The number of rotatable bonds is 10. The van der Waals surface area contributed by atoms with Gasteiger partial charge in [0.05, 0.1) is 0 Å². The number of unbranched alkanes of at least 4 members (excludes halogenated alkanes) is 2. The van der Waals surface area contributed by atoms with Gasteiger partial charge in [0, 0.05) is 10.8 Å². The molecule has 4 aromatic rings. The fraction of sp³-hybridized carbons (Fsp3) is 0.455. The van der Waals surface area contributed by atoms with Crippen molar-refractivity contribution < 1.29 is 0 Å². The van der Waals surface area contributed by atoms with Gasteiger partial charge in [0.2, 0.25) is 0 Å². The Labute approximate surface area is 267 Å². The quantitative estimate of drug-likeness (QED) is 0.175. The maximum absolute atomic E-state index is 2.60. The third-order valence-corrected chi connectivity index (χ3v) is 11.9. The Morgan fingerprint density at radius 2 is 0.864 bits per heavy atom.